The minimum atomic E-state index is -0.363. The van der Waals surface area contributed by atoms with Crippen molar-refractivity contribution in [3.05, 3.63) is 77.8 Å². The number of nitrogens with one attached hydrogen (secondary N) is 3. The number of fused-ring (bicyclic) bond motifs is 6. The maximum atomic E-state index is 12.5. The van der Waals surface area contributed by atoms with E-state index in [4.69, 9.17) is 20.8 Å². The predicted molar refractivity (Wildman–Crippen MR) is 129 cm³/mol. The van der Waals surface area contributed by atoms with Crippen molar-refractivity contribution in [2.24, 2.45) is 0 Å². The molecule has 1 aliphatic rings. The van der Waals surface area contributed by atoms with Gasteiger partial charge < -0.3 is 25.1 Å². The molecule has 1 aliphatic heterocycles. The zero-order valence-corrected chi connectivity index (χ0v) is 18.7. The van der Waals surface area contributed by atoms with Gasteiger partial charge in [-0.3, -0.25) is 4.79 Å². The zero-order valence-electron chi connectivity index (χ0n) is 17.2. The summed E-state index contributed by atoms with van der Waals surface area (Å²) in [7, 11) is 0. The predicted octanol–water partition coefficient (Wildman–Crippen LogP) is 5.95. The summed E-state index contributed by atoms with van der Waals surface area (Å²) in [6, 6.07) is 16.6. The normalized spacial score (nSPS) is 12.9. The van der Waals surface area contributed by atoms with Gasteiger partial charge in [-0.05, 0) is 36.4 Å². The number of anilines is 5. The van der Waals surface area contributed by atoms with Gasteiger partial charge in [-0.1, -0.05) is 17.7 Å². The van der Waals surface area contributed by atoms with Gasteiger partial charge >= 0.3 is 0 Å². The third kappa shape index (κ3) is 5.21. The summed E-state index contributed by atoms with van der Waals surface area (Å²) < 4.78 is 11.1. The molecular formula is C23H18ClN5O3S. The summed E-state index contributed by atoms with van der Waals surface area (Å²) in [6.07, 6.45) is 2.97. The molecule has 2 aromatic carbocycles. The van der Waals surface area contributed by atoms with Crippen LogP contribution in [-0.4, -0.2) is 28.2 Å². The average Bonchev–Trinajstić information content (AvgIpc) is 3.34. The molecule has 1 amide bonds. The lowest BCUT2D eigenvalue weighted by Gasteiger charge is -2.13. The van der Waals surface area contributed by atoms with E-state index in [1.165, 1.54) is 12.5 Å². The number of carbonyl (C=O) groups excluding carboxylic acids is 1. The van der Waals surface area contributed by atoms with Gasteiger partial charge in [0, 0.05) is 39.8 Å². The standard InChI is InChI=1S/C23H18ClN5O3S/c24-19-13-25-23-28-16-9-15(27-22(30)20-5-2-6-32-20)10-17(11-16)31-7-8-33-18-4-1-3-14(12-18)26-21(19)29-23/h1-6,9-13H,7-8H2,(H,27,30)(H2,25,26,28,29). The van der Waals surface area contributed by atoms with Gasteiger partial charge in [0.15, 0.2) is 11.6 Å². The van der Waals surface area contributed by atoms with Gasteiger partial charge in [0.25, 0.3) is 5.91 Å². The molecule has 0 spiro atoms. The molecule has 0 saturated heterocycles. The molecular weight excluding hydrogens is 462 g/mol. The highest BCUT2D eigenvalue weighted by Crippen LogP contribution is 2.31. The van der Waals surface area contributed by atoms with Gasteiger partial charge in [0.2, 0.25) is 5.95 Å². The van der Waals surface area contributed by atoms with Crippen LogP contribution in [0.4, 0.5) is 28.8 Å². The number of furan rings is 1. The average molecular weight is 480 g/mol. The van der Waals surface area contributed by atoms with E-state index in [9.17, 15) is 4.79 Å². The molecule has 10 heteroatoms. The van der Waals surface area contributed by atoms with Gasteiger partial charge in [-0.25, -0.2) is 4.98 Å². The molecule has 0 aliphatic carbocycles. The van der Waals surface area contributed by atoms with E-state index in [-0.39, 0.29) is 11.7 Å². The summed E-state index contributed by atoms with van der Waals surface area (Å²) in [6.45, 7) is 0.480. The molecule has 3 heterocycles. The van der Waals surface area contributed by atoms with Crippen molar-refractivity contribution in [1.82, 2.24) is 9.97 Å². The number of hydrogen-bond donors (Lipinski definition) is 3. The van der Waals surface area contributed by atoms with Gasteiger partial charge in [0.05, 0.1) is 19.1 Å². The van der Waals surface area contributed by atoms with Crippen LogP contribution in [0.25, 0.3) is 0 Å². The molecule has 6 bridgehead atoms. The molecule has 8 nitrogen and oxygen atoms in total. The topological polar surface area (TPSA) is 101 Å². The number of nitrogens with zero attached hydrogens (tertiary/aromatic N) is 2. The maximum absolute atomic E-state index is 12.5. The van der Waals surface area contributed by atoms with Crippen LogP contribution >= 0.6 is 23.4 Å². The van der Waals surface area contributed by atoms with E-state index in [0.29, 0.717) is 40.5 Å². The smallest absolute Gasteiger partial charge is 0.291 e. The first-order valence-electron chi connectivity index (χ1n) is 10.0. The highest BCUT2D eigenvalue weighted by Gasteiger charge is 2.13. The summed E-state index contributed by atoms with van der Waals surface area (Å²) in [4.78, 5) is 22.3. The summed E-state index contributed by atoms with van der Waals surface area (Å²) in [5.41, 5.74) is 2.04. The van der Waals surface area contributed by atoms with Crippen molar-refractivity contribution < 1.29 is 13.9 Å². The van der Waals surface area contributed by atoms with Crippen molar-refractivity contribution in [2.75, 3.05) is 28.3 Å². The minimum absolute atomic E-state index is 0.212. The molecule has 166 valence electrons. The number of hydrogen-bond acceptors (Lipinski definition) is 8. The van der Waals surface area contributed by atoms with Crippen LogP contribution in [0.2, 0.25) is 5.02 Å². The number of ether oxygens (including phenoxy) is 1. The van der Waals surface area contributed by atoms with Crippen molar-refractivity contribution in [3.8, 4) is 5.75 Å². The van der Waals surface area contributed by atoms with E-state index < -0.39 is 0 Å². The fraction of sp³-hybridized carbons (Fsp3) is 0.0870. The number of thioether (sulfide) groups is 1. The van der Waals surface area contributed by atoms with E-state index in [1.54, 1.807) is 36.0 Å². The first kappa shape index (κ1) is 21.2. The van der Waals surface area contributed by atoms with Crippen LogP contribution in [-0.2, 0) is 0 Å². The largest absolute Gasteiger partial charge is 0.493 e. The number of aromatic nitrogens is 2. The minimum Gasteiger partial charge on any atom is -0.493 e. The van der Waals surface area contributed by atoms with E-state index in [2.05, 4.69) is 25.9 Å². The highest BCUT2D eigenvalue weighted by atomic mass is 35.5. The van der Waals surface area contributed by atoms with E-state index in [1.807, 2.05) is 30.3 Å². The Morgan fingerprint density at radius 1 is 1.09 bits per heavy atom. The third-order valence-electron chi connectivity index (χ3n) is 4.63. The molecule has 4 aromatic rings. The van der Waals surface area contributed by atoms with Gasteiger partial charge in [0.1, 0.15) is 10.8 Å². The SMILES string of the molecule is O=C(Nc1cc2cc(c1)OCCSc1cccc(c1)Nc1nc(ncc1Cl)N2)c1ccco1. The summed E-state index contributed by atoms with van der Waals surface area (Å²) in [5.74, 6) is 1.99. The lowest BCUT2D eigenvalue weighted by atomic mass is 10.2. The lowest BCUT2D eigenvalue weighted by Crippen LogP contribution is -2.11. The lowest BCUT2D eigenvalue weighted by molar-refractivity contribution is 0.0996. The second kappa shape index (κ2) is 9.43. The first-order valence-corrected chi connectivity index (χ1v) is 11.4. The van der Waals surface area contributed by atoms with Crippen LogP contribution in [0.1, 0.15) is 10.6 Å². The van der Waals surface area contributed by atoms with Crippen molar-refractivity contribution in [3.63, 3.8) is 0 Å². The number of carbonyl (C=O) groups is 1. The molecule has 0 saturated carbocycles. The summed E-state index contributed by atoms with van der Waals surface area (Å²) in [5, 5.41) is 9.62. The zero-order chi connectivity index (χ0) is 22.6. The summed E-state index contributed by atoms with van der Waals surface area (Å²) >= 11 is 7.99. The maximum Gasteiger partial charge on any atom is 0.291 e. The number of rotatable bonds is 2. The molecule has 0 atom stereocenters. The Labute approximate surface area is 198 Å². The third-order valence-corrected chi connectivity index (χ3v) is 5.86. The van der Waals surface area contributed by atoms with E-state index in [0.717, 1.165) is 16.3 Å². The molecule has 0 radical (unpaired) electrons. The molecule has 2 aromatic heterocycles. The number of benzene rings is 2. The molecule has 0 fully saturated rings. The second-order valence-corrected chi connectivity index (χ2v) is 8.62. The van der Waals surface area contributed by atoms with Crippen LogP contribution in [0.5, 0.6) is 5.75 Å². The Morgan fingerprint density at radius 2 is 2.03 bits per heavy atom. The van der Waals surface area contributed by atoms with Crippen molar-refractivity contribution in [1.29, 1.82) is 0 Å². The Hall–Kier alpha value is -3.69. The molecule has 3 N–H and O–H groups in total. The Balaban J connectivity index is 1.48. The highest BCUT2D eigenvalue weighted by molar-refractivity contribution is 7.99. The Kier molecular flexibility index (Phi) is 6.05. The van der Waals surface area contributed by atoms with Gasteiger partial charge in [-0.15, -0.1) is 11.8 Å². The second-order valence-electron chi connectivity index (χ2n) is 7.04. The molecule has 0 unspecified atom stereocenters. The molecule has 33 heavy (non-hydrogen) atoms. The van der Waals surface area contributed by atoms with Crippen LogP contribution in [0.3, 0.4) is 0 Å². The monoisotopic (exact) mass is 479 g/mol. The number of amides is 1. The fourth-order valence-corrected chi connectivity index (χ4v) is 4.12. The van der Waals surface area contributed by atoms with Gasteiger partial charge in [-0.2, -0.15) is 4.98 Å². The first-order chi connectivity index (χ1) is 16.1. The quantitative estimate of drug-likeness (QED) is 0.324. The number of halogens is 1. The van der Waals surface area contributed by atoms with Crippen LogP contribution in [0.15, 0.2) is 76.4 Å². The van der Waals surface area contributed by atoms with E-state index >= 15 is 0 Å². The molecule has 5 rings (SSSR count). The fourth-order valence-electron chi connectivity index (χ4n) is 3.19. The van der Waals surface area contributed by atoms with Crippen molar-refractivity contribution >= 4 is 58.1 Å². The van der Waals surface area contributed by atoms with Crippen molar-refractivity contribution in [2.45, 2.75) is 4.90 Å². The Morgan fingerprint density at radius 3 is 2.91 bits per heavy atom. The Bertz CT molecular complexity index is 1300. The van der Waals surface area contributed by atoms with Crippen LogP contribution < -0.4 is 20.7 Å². The van der Waals surface area contributed by atoms with Crippen LogP contribution in [0, 0.1) is 0 Å².